The number of ether oxygens (including phenoxy) is 2. The third-order valence-electron chi connectivity index (χ3n) is 5.38. The van der Waals surface area contributed by atoms with Crippen molar-refractivity contribution in [3.63, 3.8) is 0 Å². The highest BCUT2D eigenvalue weighted by Crippen LogP contribution is 2.31. The third kappa shape index (κ3) is 6.23. The van der Waals surface area contributed by atoms with Gasteiger partial charge in [0.2, 0.25) is 5.91 Å². The molecule has 0 spiro atoms. The Morgan fingerprint density at radius 3 is 2.69 bits per heavy atom. The van der Waals surface area contributed by atoms with E-state index < -0.39 is 0 Å². The zero-order valence-corrected chi connectivity index (χ0v) is 17.5. The highest BCUT2D eigenvalue weighted by Gasteiger charge is 2.26. The van der Waals surface area contributed by atoms with Crippen LogP contribution in [0.4, 0.5) is 0 Å². The second-order valence-corrected chi connectivity index (χ2v) is 7.57. The van der Waals surface area contributed by atoms with E-state index in [1.54, 1.807) is 7.11 Å². The number of para-hydroxylation sites is 1. The van der Waals surface area contributed by atoms with Gasteiger partial charge in [0.1, 0.15) is 11.5 Å². The molecule has 1 N–H and O–H groups in total. The molecule has 1 unspecified atom stereocenters. The molecule has 5 heteroatoms. The lowest BCUT2D eigenvalue weighted by Gasteiger charge is -2.29. The molecule has 1 aliphatic rings. The maximum Gasteiger partial charge on any atom is 0.220 e. The van der Waals surface area contributed by atoms with E-state index in [0.717, 1.165) is 30.2 Å². The molecule has 0 aliphatic carbocycles. The average Bonchev–Trinajstić information content (AvgIpc) is 3.26. The van der Waals surface area contributed by atoms with E-state index in [1.165, 1.54) is 18.4 Å². The van der Waals surface area contributed by atoms with E-state index >= 15 is 0 Å². The van der Waals surface area contributed by atoms with E-state index in [1.807, 2.05) is 49.4 Å². The molecule has 0 saturated carbocycles. The summed E-state index contributed by atoms with van der Waals surface area (Å²) in [5, 5.41) is 3.13. The number of aryl methyl sites for hydroxylation is 1. The molecule has 29 heavy (non-hydrogen) atoms. The molecule has 156 valence electrons. The number of likely N-dealkylation sites (tertiary alicyclic amines) is 1. The first kappa shape index (κ1) is 21.2. The minimum Gasteiger partial charge on any atom is -0.496 e. The molecule has 5 nitrogen and oxygen atoms in total. The van der Waals surface area contributed by atoms with Crippen LogP contribution in [0.25, 0.3) is 0 Å². The Hall–Kier alpha value is -2.53. The smallest absolute Gasteiger partial charge is 0.220 e. The van der Waals surface area contributed by atoms with Crippen LogP contribution in [0.5, 0.6) is 11.5 Å². The fraction of sp³-hybridized carbons (Fsp3) is 0.458. The molecular formula is C24H32N2O3. The monoisotopic (exact) mass is 396 g/mol. The van der Waals surface area contributed by atoms with Gasteiger partial charge in [-0.05, 0) is 63.0 Å². The number of amides is 1. The van der Waals surface area contributed by atoms with Gasteiger partial charge < -0.3 is 14.8 Å². The molecule has 1 saturated heterocycles. The Kier molecular flexibility index (Phi) is 7.94. The van der Waals surface area contributed by atoms with Crippen LogP contribution in [-0.2, 0) is 4.79 Å². The van der Waals surface area contributed by atoms with Gasteiger partial charge in [-0.25, -0.2) is 0 Å². The number of hydrogen-bond donors (Lipinski definition) is 1. The van der Waals surface area contributed by atoms with Crippen LogP contribution in [0.1, 0.15) is 42.9 Å². The Labute approximate surface area is 174 Å². The summed E-state index contributed by atoms with van der Waals surface area (Å²) in [4.78, 5) is 14.8. The normalized spacial score (nSPS) is 15.1. The van der Waals surface area contributed by atoms with Gasteiger partial charge in [0.05, 0.1) is 19.8 Å². The number of carbonyl (C=O) groups excluding carboxylic acids is 1. The largest absolute Gasteiger partial charge is 0.496 e. The zero-order chi connectivity index (χ0) is 20.5. The topological polar surface area (TPSA) is 50.8 Å². The van der Waals surface area contributed by atoms with Crippen molar-refractivity contribution in [2.45, 2.75) is 38.6 Å². The summed E-state index contributed by atoms with van der Waals surface area (Å²) in [5.41, 5.74) is 2.31. The van der Waals surface area contributed by atoms with Crippen molar-refractivity contribution < 1.29 is 14.3 Å². The van der Waals surface area contributed by atoms with Gasteiger partial charge in [0.25, 0.3) is 0 Å². The second-order valence-electron chi connectivity index (χ2n) is 7.57. The average molecular weight is 397 g/mol. The quantitative estimate of drug-likeness (QED) is 0.614. The fourth-order valence-corrected chi connectivity index (χ4v) is 3.86. The maximum atomic E-state index is 12.4. The standard InChI is InChI=1S/C24H32N2O3/c1-19-9-7-10-20(17-19)29-16-8-13-24(27)25-18-22(26-14-5-6-15-26)21-11-3-4-12-23(21)28-2/h3-4,7,9-12,17,22H,5-6,8,13-16,18H2,1-2H3,(H,25,27). The van der Waals surface area contributed by atoms with Crippen molar-refractivity contribution in [1.82, 2.24) is 10.2 Å². The van der Waals surface area contributed by atoms with Gasteiger partial charge in [-0.15, -0.1) is 0 Å². The Morgan fingerprint density at radius 1 is 1.14 bits per heavy atom. The van der Waals surface area contributed by atoms with Gasteiger partial charge in [0, 0.05) is 18.5 Å². The first-order chi connectivity index (χ1) is 14.2. The molecule has 1 atom stereocenters. The minimum absolute atomic E-state index is 0.0666. The molecule has 0 radical (unpaired) electrons. The van der Waals surface area contributed by atoms with Crippen molar-refractivity contribution in [2.24, 2.45) is 0 Å². The van der Waals surface area contributed by atoms with Crippen LogP contribution >= 0.6 is 0 Å². The molecule has 1 heterocycles. The van der Waals surface area contributed by atoms with Crippen molar-refractivity contribution in [3.8, 4) is 11.5 Å². The first-order valence-corrected chi connectivity index (χ1v) is 10.5. The Balaban J connectivity index is 1.49. The lowest BCUT2D eigenvalue weighted by molar-refractivity contribution is -0.121. The van der Waals surface area contributed by atoms with Crippen molar-refractivity contribution >= 4 is 5.91 Å². The van der Waals surface area contributed by atoms with Crippen molar-refractivity contribution in [3.05, 3.63) is 59.7 Å². The summed E-state index contributed by atoms with van der Waals surface area (Å²) in [6.07, 6.45) is 3.57. The summed E-state index contributed by atoms with van der Waals surface area (Å²) in [6.45, 7) is 5.29. The molecule has 0 aromatic heterocycles. The van der Waals surface area contributed by atoms with Crippen molar-refractivity contribution in [2.75, 3.05) is 33.4 Å². The lowest BCUT2D eigenvalue weighted by atomic mass is 10.0. The summed E-state index contributed by atoms with van der Waals surface area (Å²) in [7, 11) is 1.70. The molecule has 2 aromatic carbocycles. The number of nitrogens with one attached hydrogen (secondary N) is 1. The molecule has 3 rings (SSSR count). The fourth-order valence-electron chi connectivity index (χ4n) is 3.86. The van der Waals surface area contributed by atoms with E-state index in [2.05, 4.69) is 16.3 Å². The SMILES string of the molecule is COc1ccccc1C(CNC(=O)CCCOc1cccc(C)c1)N1CCCC1. The summed E-state index contributed by atoms with van der Waals surface area (Å²) < 4.78 is 11.3. The number of hydrogen-bond acceptors (Lipinski definition) is 4. The summed E-state index contributed by atoms with van der Waals surface area (Å²) >= 11 is 0. The van der Waals surface area contributed by atoms with E-state index in [-0.39, 0.29) is 11.9 Å². The van der Waals surface area contributed by atoms with Crippen LogP contribution in [0, 0.1) is 6.92 Å². The van der Waals surface area contributed by atoms with E-state index in [4.69, 9.17) is 9.47 Å². The number of nitrogens with zero attached hydrogens (tertiary/aromatic N) is 1. The maximum absolute atomic E-state index is 12.4. The molecule has 2 aromatic rings. The van der Waals surface area contributed by atoms with Gasteiger partial charge in [0.15, 0.2) is 0 Å². The van der Waals surface area contributed by atoms with Crippen molar-refractivity contribution in [1.29, 1.82) is 0 Å². The van der Waals surface area contributed by atoms with Gasteiger partial charge >= 0.3 is 0 Å². The Morgan fingerprint density at radius 2 is 1.93 bits per heavy atom. The van der Waals surface area contributed by atoms with Gasteiger partial charge in [-0.3, -0.25) is 9.69 Å². The van der Waals surface area contributed by atoms with Gasteiger partial charge in [-0.2, -0.15) is 0 Å². The highest BCUT2D eigenvalue weighted by molar-refractivity contribution is 5.75. The van der Waals surface area contributed by atoms with Crippen LogP contribution in [0.3, 0.4) is 0 Å². The predicted molar refractivity (Wildman–Crippen MR) is 115 cm³/mol. The van der Waals surface area contributed by atoms with E-state index in [9.17, 15) is 4.79 Å². The Bertz CT molecular complexity index is 787. The third-order valence-corrected chi connectivity index (χ3v) is 5.38. The van der Waals surface area contributed by atoms with Crippen LogP contribution in [-0.4, -0.2) is 44.2 Å². The molecular weight excluding hydrogens is 364 g/mol. The number of carbonyl (C=O) groups is 1. The molecule has 1 fully saturated rings. The predicted octanol–water partition coefficient (Wildman–Crippen LogP) is 4.12. The summed E-state index contributed by atoms with van der Waals surface area (Å²) in [6, 6.07) is 16.2. The molecule has 0 bridgehead atoms. The van der Waals surface area contributed by atoms with Crippen LogP contribution in [0.2, 0.25) is 0 Å². The number of benzene rings is 2. The minimum atomic E-state index is 0.0666. The number of rotatable bonds is 10. The highest BCUT2D eigenvalue weighted by atomic mass is 16.5. The second kappa shape index (κ2) is 10.9. The summed E-state index contributed by atoms with van der Waals surface area (Å²) in [5.74, 6) is 1.80. The molecule has 1 aliphatic heterocycles. The van der Waals surface area contributed by atoms with Gasteiger partial charge in [-0.1, -0.05) is 30.3 Å². The number of methoxy groups -OCH3 is 1. The van der Waals surface area contributed by atoms with Crippen LogP contribution < -0.4 is 14.8 Å². The van der Waals surface area contributed by atoms with E-state index in [0.29, 0.717) is 26.0 Å². The first-order valence-electron chi connectivity index (χ1n) is 10.5. The van der Waals surface area contributed by atoms with Crippen LogP contribution in [0.15, 0.2) is 48.5 Å². The zero-order valence-electron chi connectivity index (χ0n) is 17.5. The molecule has 1 amide bonds. The lowest BCUT2D eigenvalue weighted by Crippen LogP contribution is -2.37.